The van der Waals surface area contributed by atoms with Gasteiger partial charge in [-0.15, -0.1) is 5.10 Å². The smallest absolute Gasteiger partial charge is 0.133 e. The summed E-state index contributed by atoms with van der Waals surface area (Å²) in [5.41, 5.74) is 1.62. The van der Waals surface area contributed by atoms with Gasteiger partial charge in [0.25, 0.3) is 0 Å². The largest absolute Gasteiger partial charge is 0.381 e. The molecular formula is C9H12N4OS. The third-order valence-corrected chi connectivity index (χ3v) is 3.13. The van der Waals surface area contributed by atoms with Crippen LogP contribution in [0.2, 0.25) is 0 Å². The van der Waals surface area contributed by atoms with Gasteiger partial charge in [-0.25, -0.2) is 0 Å². The molecule has 0 aliphatic carbocycles. The Kier molecular flexibility index (Phi) is 2.79. The monoisotopic (exact) mass is 224 g/mol. The minimum Gasteiger partial charge on any atom is -0.381 e. The predicted molar refractivity (Wildman–Crippen MR) is 56.6 cm³/mol. The number of rotatable bonds is 3. The highest BCUT2D eigenvalue weighted by molar-refractivity contribution is 7.05. The Morgan fingerprint density at radius 1 is 1.60 bits per heavy atom. The second kappa shape index (κ2) is 4.08. The van der Waals surface area contributed by atoms with Gasteiger partial charge in [0.05, 0.1) is 16.3 Å². The van der Waals surface area contributed by atoms with Crippen LogP contribution < -0.4 is 0 Å². The van der Waals surface area contributed by atoms with Gasteiger partial charge in [0.2, 0.25) is 0 Å². The zero-order chi connectivity index (χ0) is 10.8. The molecule has 5 nitrogen and oxygen atoms in total. The number of hydrogen-bond donors (Lipinski definition) is 1. The van der Waals surface area contributed by atoms with Crippen LogP contribution in [0.25, 0.3) is 0 Å². The molecule has 0 radical (unpaired) electrons. The lowest BCUT2D eigenvalue weighted by Gasteiger charge is -2.09. The van der Waals surface area contributed by atoms with Crippen molar-refractivity contribution >= 4 is 11.5 Å². The van der Waals surface area contributed by atoms with Crippen molar-refractivity contribution in [1.29, 1.82) is 0 Å². The van der Waals surface area contributed by atoms with Gasteiger partial charge >= 0.3 is 0 Å². The summed E-state index contributed by atoms with van der Waals surface area (Å²) in [6.07, 6.45) is 1.77. The van der Waals surface area contributed by atoms with Crippen molar-refractivity contribution in [2.24, 2.45) is 7.05 Å². The number of aliphatic hydroxyl groups excluding tert-OH is 1. The molecule has 0 aromatic carbocycles. The van der Waals surface area contributed by atoms with Gasteiger partial charge in [-0.2, -0.15) is 5.10 Å². The third kappa shape index (κ3) is 1.78. The molecule has 2 aromatic heterocycles. The van der Waals surface area contributed by atoms with Gasteiger partial charge in [0.15, 0.2) is 0 Å². The standard InChI is InChI=1S/C9H12N4OS/c1-3-6-9(15-12-11-6)8(14)7-4-5-10-13(7)2/h4-5,8,14H,3H2,1-2H3. The van der Waals surface area contributed by atoms with E-state index in [0.29, 0.717) is 0 Å². The zero-order valence-electron chi connectivity index (χ0n) is 8.58. The van der Waals surface area contributed by atoms with Crippen LogP contribution in [0.4, 0.5) is 0 Å². The highest BCUT2D eigenvalue weighted by atomic mass is 32.1. The van der Waals surface area contributed by atoms with E-state index in [-0.39, 0.29) is 0 Å². The fourth-order valence-corrected chi connectivity index (χ4v) is 2.19. The third-order valence-electron chi connectivity index (χ3n) is 2.31. The van der Waals surface area contributed by atoms with Crippen LogP contribution >= 0.6 is 11.5 Å². The van der Waals surface area contributed by atoms with Crippen molar-refractivity contribution in [2.45, 2.75) is 19.4 Å². The van der Waals surface area contributed by atoms with E-state index >= 15 is 0 Å². The Balaban J connectivity index is 2.36. The molecule has 1 N–H and O–H groups in total. The first kappa shape index (κ1) is 10.3. The minimum atomic E-state index is -0.674. The van der Waals surface area contributed by atoms with Crippen LogP contribution in [-0.2, 0) is 13.5 Å². The van der Waals surface area contributed by atoms with Crippen LogP contribution in [0.5, 0.6) is 0 Å². The van der Waals surface area contributed by atoms with Crippen LogP contribution in [-0.4, -0.2) is 24.5 Å². The lowest BCUT2D eigenvalue weighted by atomic mass is 10.1. The molecule has 0 bridgehead atoms. The van der Waals surface area contributed by atoms with E-state index in [1.165, 1.54) is 11.5 Å². The molecule has 0 saturated carbocycles. The summed E-state index contributed by atoms with van der Waals surface area (Å²) in [4.78, 5) is 0.807. The maximum atomic E-state index is 10.1. The van der Waals surface area contributed by atoms with E-state index in [1.54, 1.807) is 24.0 Å². The minimum absolute atomic E-state index is 0.674. The summed E-state index contributed by atoms with van der Waals surface area (Å²) in [6.45, 7) is 2.00. The molecule has 15 heavy (non-hydrogen) atoms. The van der Waals surface area contributed by atoms with E-state index in [0.717, 1.165) is 22.7 Å². The second-order valence-corrected chi connectivity index (χ2v) is 4.01. The Bertz CT molecular complexity index is 450. The Hall–Kier alpha value is -1.27. The Labute approximate surface area is 91.5 Å². The molecule has 0 fully saturated rings. The van der Waals surface area contributed by atoms with E-state index < -0.39 is 6.10 Å². The predicted octanol–water partition coefficient (Wildman–Crippen LogP) is 0.916. The SMILES string of the molecule is CCc1nnsc1C(O)c1ccnn1C. The first-order valence-electron chi connectivity index (χ1n) is 4.71. The van der Waals surface area contributed by atoms with Crippen molar-refractivity contribution in [1.82, 2.24) is 19.4 Å². The molecule has 2 heterocycles. The van der Waals surface area contributed by atoms with Gasteiger partial charge < -0.3 is 5.11 Å². The quantitative estimate of drug-likeness (QED) is 0.842. The number of aromatic nitrogens is 4. The Morgan fingerprint density at radius 2 is 2.40 bits per heavy atom. The highest BCUT2D eigenvalue weighted by Gasteiger charge is 2.20. The van der Waals surface area contributed by atoms with Gasteiger partial charge in [-0.1, -0.05) is 11.4 Å². The van der Waals surface area contributed by atoms with Crippen molar-refractivity contribution in [3.8, 4) is 0 Å². The van der Waals surface area contributed by atoms with E-state index in [2.05, 4.69) is 14.7 Å². The average molecular weight is 224 g/mol. The van der Waals surface area contributed by atoms with Crippen molar-refractivity contribution in [2.75, 3.05) is 0 Å². The molecule has 0 aliphatic rings. The van der Waals surface area contributed by atoms with Crippen LogP contribution in [0.1, 0.15) is 29.3 Å². The summed E-state index contributed by atoms with van der Waals surface area (Å²) >= 11 is 1.24. The number of hydrogen-bond acceptors (Lipinski definition) is 5. The molecule has 0 spiro atoms. The van der Waals surface area contributed by atoms with Gasteiger partial charge in [0.1, 0.15) is 6.10 Å². The zero-order valence-corrected chi connectivity index (χ0v) is 9.40. The number of aliphatic hydroxyl groups is 1. The molecular weight excluding hydrogens is 212 g/mol. The second-order valence-electron chi connectivity index (χ2n) is 3.22. The van der Waals surface area contributed by atoms with Crippen LogP contribution in [0.15, 0.2) is 12.3 Å². The summed E-state index contributed by atoms with van der Waals surface area (Å²) < 4.78 is 5.51. The van der Waals surface area contributed by atoms with Gasteiger partial charge in [0, 0.05) is 13.2 Å². The van der Waals surface area contributed by atoms with Crippen molar-refractivity contribution in [3.05, 3.63) is 28.5 Å². The summed E-state index contributed by atoms with van der Waals surface area (Å²) in [5.74, 6) is 0. The number of aryl methyl sites for hydroxylation is 2. The molecule has 6 heteroatoms. The fourth-order valence-electron chi connectivity index (χ4n) is 1.45. The highest BCUT2D eigenvalue weighted by Crippen LogP contribution is 2.26. The molecule has 1 atom stereocenters. The molecule has 0 saturated heterocycles. The van der Waals surface area contributed by atoms with E-state index in [4.69, 9.17) is 0 Å². The molecule has 0 aliphatic heterocycles. The normalized spacial score (nSPS) is 13.0. The van der Waals surface area contributed by atoms with Crippen LogP contribution in [0.3, 0.4) is 0 Å². The first-order chi connectivity index (χ1) is 7.24. The molecule has 2 rings (SSSR count). The van der Waals surface area contributed by atoms with Gasteiger partial charge in [-0.05, 0) is 24.0 Å². The first-order valence-corrected chi connectivity index (χ1v) is 5.48. The maximum absolute atomic E-state index is 10.1. The summed E-state index contributed by atoms with van der Waals surface area (Å²) in [5, 5.41) is 18.1. The van der Waals surface area contributed by atoms with Crippen molar-refractivity contribution < 1.29 is 5.11 Å². The summed E-state index contributed by atoms with van der Waals surface area (Å²) in [7, 11) is 1.80. The Morgan fingerprint density at radius 3 is 3.00 bits per heavy atom. The fraction of sp³-hybridized carbons (Fsp3) is 0.444. The van der Waals surface area contributed by atoms with E-state index in [1.807, 2.05) is 6.92 Å². The number of nitrogens with zero attached hydrogens (tertiary/aromatic N) is 4. The lowest BCUT2D eigenvalue weighted by Crippen LogP contribution is -2.07. The maximum Gasteiger partial charge on any atom is 0.133 e. The molecule has 2 aromatic rings. The van der Waals surface area contributed by atoms with E-state index in [9.17, 15) is 5.11 Å². The van der Waals surface area contributed by atoms with Crippen molar-refractivity contribution in [3.63, 3.8) is 0 Å². The van der Waals surface area contributed by atoms with Gasteiger partial charge in [-0.3, -0.25) is 4.68 Å². The summed E-state index contributed by atoms with van der Waals surface area (Å²) in [6, 6.07) is 1.80. The topological polar surface area (TPSA) is 63.8 Å². The molecule has 1 unspecified atom stereocenters. The molecule has 0 amide bonds. The lowest BCUT2D eigenvalue weighted by molar-refractivity contribution is 0.212. The molecule has 80 valence electrons. The average Bonchev–Trinajstić information content (AvgIpc) is 2.84. The van der Waals surface area contributed by atoms with Crippen LogP contribution in [0, 0.1) is 0 Å².